The van der Waals surface area contributed by atoms with Crippen molar-refractivity contribution in [3.63, 3.8) is 0 Å². The van der Waals surface area contributed by atoms with Crippen LogP contribution in [0.4, 0.5) is 0 Å². The molecule has 5 atom stereocenters. The van der Waals surface area contributed by atoms with Gasteiger partial charge in [-0.05, 0) is 6.42 Å². The Kier molecular flexibility index (Phi) is 5.40. The van der Waals surface area contributed by atoms with Crippen molar-refractivity contribution in [2.75, 3.05) is 7.11 Å². The van der Waals surface area contributed by atoms with Crippen LogP contribution < -0.4 is 0 Å². The molecule has 0 bridgehead atoms. The Morgan fingerprint density at radius 2 is 2.00 bits per heavy atom. The predicted octanol–water partition coefficient (Wildman–Crippen LogP) is 2.62. The molecule has 0 spiro atoms. The monoisotopic (exact) mass is 243 g/mol. The number of hydrogen-bond donors (Lipinski definition) is 0. The average Bonchev–Trinajstić information content (AvgIpc) is 2.71. The van der Waals surface area contributed by atoms with E-state index >= 15 is 0 Å². The van der Waals surface area contributed by atoms with Crippen LogP contribution >= 0.6 is 0 Å². The molecule has 0 aliphatic carbocycles. The zero-order valence-corrected chi connectivity index (χ0v) is 11.8. The van der Waals surface area contributed by atoms with E-state index < -0.39 is 0 Å². The Bertz CT molecular complexity index is 267. The summed E-state index contributed by atoms with van der Waals surface area (Å²) < 4.78 is 16.9. The van der Waals surface area contributed by atoms with Crippen LogP contribution in [0.1, 0.15) is 41.0 Å². The summed E-state index contributed by atoms with van der Waals surface area (Å²) >= 11 is 0. The third kappa shape index (κ3) is 2.80. The lowest BCUT2D eigenvalue weighted by atomic mass is 9.88. The van der Waals surface area contributed by atoms with Gasteiger partial charge in [0.15, 0.2) is 5.90 Å². The van der Waals surface area contributed by atoms with Crippen LogP contribution in [0.2, 0.25) is 0 Å². The van der Waals surface area contributed by atoms with E-state index in [0.29, 0.717) is 11.8 Å². The zero-order valence-electron chi connectivity index (χ0n) is 11.8. The number of aliphatic imine (C=N–C) groups is 1. The van der Waals surface area contributed by atoms with Gasteiger partial charge in [-0.15, -0.1) is 0 Å². The molecular weight excluding hydrogens is 218 g/mol. The molecule has 5 unspecified atom stereocenters. The summed E-state index contributed by atoms with van der Waals surface area (Å²) in [5.41, 5.74) is 0. The number of nitrogens with zero attached hydrogens (tertiary/aromatic N) is 1. The van der Waals surface area contributed by atoms with Crippen molar-refractivity contribution in [2.24, 2.45) is 10.9 Å². The third-order valence-electron chi connectivity index (χ3n) is 3.32. The van der Waals surface area contributed by atoms with Crippen LogP contribution in [0.15, 0.2) is 4.99 Å². The van der Waals surface area contributed by atoms with Crippen LogP contribution in [0, 0.1) is 5.92 Å². The second-order valence-corrected chi connectivity index (χ2v) is 4.27. The lowest BCUT2D eigenvalue weighted by molar-refractivity contribution is -0.209. The van der Waals surface area contributed by atoms with Gasteiger partial charge in [-0.2, -0.15) is 0 Å². The molecule has 0 N–H and O–H groups in total. The van der Waals surface area contributed by atoms with E-state index in [4.69, 9.17) is 14.2 Å². The maximum absolute atomic E-state index is 5.86. The molecule has 2 rings (SSSR count). The topological polar surface area (TPSA) is 40.0 Å². The quantitative estimate of drug-likeness (QED) is 0.748. The molecule has 0 aromatic rings. The van der Waals surface area contributed by atoms with Gasteiger partial charge in [-0.25, -0.2) is 4.99 Å². The van der Waals surface area contributed by atoms with Crippen LogP contribution in [0.3, 0.4) is 0 Å². The first kappa shape index (κ1) is 14.5. The molecule has 2 heterocycles. The SMILES string of the molecule is CC.CCC1OC2OC(C)=NC2C(OC)C1C. The minimum Gasteiger partial charge on any atom is -0.450 e. The Hall–Kier alpha value is -0.610. The highest BCUT2D eigenvalue weighted by Crippen LogP contribution is 2.34. The van der Waals surface area contributed by atoms with Gasteiger partial charge >= 0.3 is 0 Å². The second kappa shape index (κ2) is 6.36. The Balaban J connectivity index is 0.000000686. The van der Waals surface area contributed by atoms with Gasteiger partial charge < -0.3 is 14.2 Å². The molecule has 2 aliphatic heterocycles. The summed E-state index contributed by atoms with van der Waals surface area (Å²) in [5, 5.41) is 0. The van der Waals surface area contributed by atoms with E-state index in [1.807, 2.05) is 20.8 Å². The van der Waals surface area contributed by atoms with Gasteiger partial charge in [-0.1, -0.05) is 27.7 Å². The summed E-state index contributed by atoms with van der Waals surface area (Å²) in [6.45, 7) is 10.1. The van der Waals surface area contributed by atoms with E-state index in [1.54, 1.807) is 7.11 Å². The average molecular weight is 243 g/mol. The van der Waals surface area contributed by atoms with Gasteiger partial charge in [0, 0.05) is 20.0 Å². The van der Waals surface area contributed by atoms with Crippen molar-refractivity contribution >= 4 is 5.90 Å². The molecular formula is C13H25NO3. The van der Waals surface area contributed by atoms with Gasteiger partial charge in [-0.3, -0.25) is 0 Å². The zero-order chi connectivity index (χ0) is 13.0. The number of rotatable bonds is 2. The van der Waals surface area contributed by atoms with E-state index in [9.17, 15) is 0 Å². The van der Waals surface area contributed by atoms with Gasteiger partial charge in [0.05, 0.1) is 12.2 Å². The Morgan fingerprint density at radius 1 is 1.35 bits per heavy atom. The maximum Gasteiger partial charge on any atom is 0.226 e. The van der Waals surface area contributed by atoms with Crippen molar-refractivity contribution in [1.82, 2.24) is 0 Å². The largest absolute Gasteiger partial charge is 0.450 e. The van der Waals surface area contributed by atoms with Crippen molar-refractivity contribution < 1.29 is 14.2 Å². The number of ether oxygens (including phenoxy) is 3. The number of methoxy groups -OCH3 is 1. The highest BCUT2D eigenvalue weighted by Gasteiger charge is 2.47. The first-order valence-corrected chi connectivity index (χ1v) is 6.56. The summed E-state index contributed by atoms with van der Waals surface area (Å²) in [5.74, 6) is 1.07. The molecule has 4 nitrogen and oxygen atoms in total. The van der Waals surface area contributed by atoms with E-state index in [0.717, 1.165) is 6.42 Å². The van der Waals surface area contributed by atoms with E-state index in [1.165, 1.54) is 0 Å². The summed E-state index contributed by atoms with van der Waals surface area (Å²) in [4.78, 5) is 4.43. The molecule has 17 heavy (non-hydrogen) atoms. The molecule has 1 saturated heterocycles. The highest BCUT2D eigenvalue weighted by molar-refractivity contribution is 5.75. The first-order chi connectivity index (χ1) is 8.17. The molecule has 0 amide bonds. The molecule has 0 radical (unpaired) electrons. The normalized spacial score (nSPS) is 39.6. The molecule has 2 aliphatic rings. The minimum absolute atomic E-state index is 0.00722. The maximum atomic E-state index is 5.86. The van der Waals surface area contributed by atoms with Crippen molar-refractivity contribution in [3.8, 4) is 0 Å². The van der Waals surface area contributed by atoms with Gasteiger partial charge in [0.2, 0.25) is 6.29 Å². The summed E-state index contributed by atoms with van der Waals surface area (Å²) in [7, 11) is 1.74. The molecule has 0 aromatic carbocycles. The van der Waals surface area contributed by atoms with Crippen LogP contribution in [-0.4, -0.2) is 37.5 Å². The van der Waals surface area contributed by atoms with Gasteiger partial charge in [0.25, 0.3) is 0 Å². The highest BCUT2D eigenvalue weighted by atomic mass is 16.7. The molecule has 100 valence electrons. The molecule has 0 saturated carbocycles. The number of fused-ring (bicyclic) bond motifs is 1. The lowest BCUT2D eigenvalue weighted by Crippen LogP contribution is -2.52. The fraction of sp³-hybridized carbons (Fsp3) is 0.923. The Labute approximate surface area is 104 Å². The van der Waals surface area contributed by atoms with Crippen LogP contribution in [-0.2, 0) is 14.2 Å². The second-order valence-electron chi connectivity index (χ2n) is 4.27. The third-order valence-corrected chi connectivity index (χ3v) is 3.32. The molecule has 1 fully saturated rings. The fourth-order valence-electron chi connectivity index (χ4n) is 2.52. The standard InChI is InChI=1S/C11H19NO3.C2H6/c1-5-8-6(2)10(13-4)9-11(15-8)14-7(3)12-9;1-2/h6,8-11H,5H2,1-4H3;1-2H3. The van der Waals surface area contributed by atoms with Crippen LogP contribution in [0.5, 0.6) is 0 Å². The summed E-state index contributed by atoms with van der Waals surface area (Å²) in [6.07, 6.45) is 1.05. The van der Waals surface area contributed by atoms with E-state index in [2.05, 4.69) is 18.8 Å². The number of hydrogen-bond acceptors (Lipinski definition) is 4. The van der Waals surface area contributed by atoms with Gasteiger partial charge in [0.1, 0.15) is 6.04 Å². The lowest BCUT2D eigenvalue weighted by Gasteiger charge is -2.40. The fourth-order valence-corrected chi connectivity index (χ4v) is 2.52. The van der Waals surface area contributed by atoms with E-state index in [-0.39, 0.29) is 24.5 Å². The molecule has 0 aromatic heterocycles. The van der Waals surface area contributed by atoms with Crippen LogP contribution in [0.25, 0.3) is 0 Å². The van der Waals surface area contributed by atoms with Crippen molar-refractivity contribution in [1.29, 1.82) is 0 Å². The molecule has 4 heteroatoms. The van der Waals surface area contributed by atoms with Crippen molar-refractivity contribution in [3.05, 3.63) is 0 Å². The smallest absolute Gasteiger partial charge is 0.226 e. The Morgan fingerprint density at radius 3 is 2.53 bits per heavy atom. The predicted molar refractivity (Wildman–Crippen MR) is 68.2 cm³/mol. The van der Waals surface area contributed by atoms with Crippen molar-refractivity contribution in [2.45, 2.75) is 65.6 Å². The first-order valence-electron chi connectivity index (χ1n) is 6.56. The summed E-state index contributed by atoms with van der Waals surface area (Å²) in [6, 6.07) is 0.00722. The minimum atomic E-state index is -0.240.